The number of aryl methyl sites for hydroxylation is 1. The second-order valence-electron chi connectivity index (χ2n) is 9.11. The number of rotatable bonds is 7. The number of amides is 1. The Hall–Kier alpha value is -4.52. The maximum atomic E-state index is 13.3. The van der Waals surface area contributed by atoms with Gasteiger partial charge in [0, 0.05) is 29.2 Å². The molecule has 1 aliphatic rings. The van der Waals surface area contributed by atoms with Crippen LogP contribution in [0.4, 0.5) is 0 Å². The number of nitrogens with zero attached hydrogens (tertiary/aromatic N) is 1. The van der Waals surface area contributed by atoms with Crippen LogP contribution in [0, 0.1) is 6.92 Å². The van der Waals surface area contributed by atoms with Crippen LogP contribution in [-0.4, -0.2) is 47.4 Å². The number of ketones is 1. The maximum absolute atomic E-state index is 13.3. The predicted molar refractivity (Wildman–Crippen MR) is 142 cm³/mol. The Balaban J connectivity index is 1.56. The average Bonchev–Trinajstić information content (AvgIpc) is 3.44. The van der Waals surface area contributed by atoms with Crippen LogP contribution in [0.15, 0.2) is 78.5 Å². The van der Waals surface area contributed by atoms with E-state index in [1.54, 1.807) is 38.5 Å². The van der Waals surface area contributed by atoms with Gasteiger partial charge < -0.3 is 24.5 Å². The van der Waals surface area contributed by atoms with Crippen molar-refractivity contribution < 1.29 is 24.2 Å². The van der Waals surface area contributed by atoms with E-state index in [2.05, 4.69) is 4.98 Å². The van der Waals surface area contributed by atoms with Crippen molar-refractivity contribution in [2.45, 2.75) is 19.4 Å². The van der Waals surface area contributed by atoms with Gasteiger partial charge in [-0.1, -0.05) is 42.0 Å². The van der Waals surface area contributed by atoms with Gasteiger partial charge in [-0.25, -0.2) is 0 Å². The molecule has 1 fully saturated rings. The van der Waals surface area contributed by atoms with Crippen LogP contribution in [-0.2, 0) is 16.0 Å². The summed E-state index contributed by atoms with van der Waals surface area (Å²) in [6.45, 7) is 2.22. The minimum atomic E-state index is -0.754. The topological polar surface area (TPSA) is 91.9 Å². The van der Waals surface area contributed by atoms with Gasteiger partial charge in [-0.2, -0.15) is 0 Å². The van der Waals surface area contributed by atoms with Gasteiger partial charge in [0.25, 0.3) is 11.7 Å². The first-order chi connectivity index (χ1) is 17.9. The molecule has 7 heteroatoms. The molecule has 2 heterocycles. The Labute approximate surface area is 214 Å². The first-order valence-electron chi connectivity index (χ1n) is 12.0. The summed E-state index contributed by atoms with van der Waals surface area (Å²) < 4.78 is 10.8. The second-order valence-corrected chi connectivity index (χ2v) is 9.11. The highest BCUT2D eigenvalue weighted by atomic mass is 16.5. The molecule has 1 aromatic heterocycles. The quantitative estimate of drug-likeness (QED) is 0.210. The molecule has 0 aliphatic carbocycles. The Morgan fingerprint density at radius 2 is 1.70 bits per heavy atom. The number of H-pyrrole nitrogens is 1. The smallest absolute Gasteiger partial charge is 0.295 e. The van der Waals surface area contributed by atoms with Crippen molar-refractivity contribution in [3.63, 3.8) is 0 Å². The fraction of sp³-hybridized carbons (Fsp3) is 0.200. The lowest BCUT2D eigenvalue weighted by atomic mass is 9.94. The Bertz CT molecular complexity index is 1520. The van der Waals surface area contributed by atoms with E-state index in [9.17, 15) is 14.7 Å². The van der Waals surface area contributed by atoms with E-state index in [0.29, 0.717) is 23.3 Å². The van der Waals surface area contributed by atoms with Crippen LogP contribution in [0.2, 0.25) is 0 Å². The van der Waals surface area contributed by atoms with E-state index in [1.807, 2.05) is 55.6 Å². The van der Waals surface area contributed by atoms with Crippen molar-refractivity contribution >= 4 is 28.4 Å². The summed E-state index contributed by atoms with van der Waals surface area (Å²) in [6, 6.07) is 19.5. The molecule has 4 aromatic rings. The number of aromatic amines is 1. The largest absolute Gasteiger partial charge is 0.507 e. The van der Waals surface area contributed by atoms with E-state index in [-0.39, 0.29) is 17.9 Å². The van der Waals surface area contributed by atoms with Gasteiger partial charge >= 0.3 is 0 Å². The number of carbonyl (C=O) groups is 2. The summed E-state index contributed by atoms with van der Waals surface area (Å²) >= 11 is 0. The molecule has 1 atom stereocenters. The highest BCUT2D eigenvalue weighted by Gasteiger charge is 2.46. The molecule has 1 aliphatic heterocycles. The number of aliphatic hydroxyl groups is 1. The van der Waals surface area contributed by atoms with Crippen molar-refractivity contribution in [2.75, 3.05) is 20.8 Å². The van der Waals surface area contributed by atoms with Crippen molar-refractivity contribution in [1.29, 1.82) is 0 Å². The lowest BCUT2D eigenvalue weighted by Crippen LogP contribution is -2.31. The van der Waals surface area contributed by atoms with E-state index >= 15 is 0 Å². The number of fused-ring (bicyclic) bond motifs is 1. The Morgan fingerprint density at radius 1 is 0.973 bits per heavy atom. The fourth-order valence-electron chi connectivity index (χ4n) is 4.87. The zero-order valence-corrected chi connectivity index (χ0v) is 20.9. The number of aromatic nitrogens is 1. The molecule has 0 unspecified atom stereocenters. The molecule has 1 saturated heterocycles. The standard InChI is InChI=1S/C30H28N2O5/c1-18-7-9-19(10-8-18)28(33)26-27(20-5-4-6-22(15-20)36-2)32(30(35)29(26)34)14-13-21-17-31-25-12-11-23(37-3)16-24(21)25/h4-12,15-17,27,31,33H,13-14H2,1-3H3/t27-/m1/s1. The molecule has 188 valence electrons. The summed E-state index contributed by atoms with van der Waals surface area (Å²) in [5, 5.41) is 12.3. The van der Waals surface area contributed by atoms with Crippen LogP contribution in [0.3, 0.4) is 0 Å². The zero-order valence-electron chi connectivity index (χ0n) is 20.9. The number of ether oxygens (including phenoxy) is 2. The molecule has 3 aromatic carbocycles. The van der Waals surface area contributed by atoms with Gasteiger partial charge in [-0.05, 0) is 54.8 Å². The van der Waals surface area contributed by atoms with Gasteiger partial charge in [0.1, 0.15) is 17.3 Å². The summed E-state index contributed by atoms with van der Waals surface area (Å²) in [5.41, 5.74) is 4.23. The van der Waals surface area contributed by atoms with Gasteiger partial charge in [0.2, 0.25) is 0 Å². The summed E-state index contributed by atoms with van der Waals surface area (Å²) in [7, 11) is 3.18. The SMILES string of the molecule is COc1cccc([C@@H]2C(=C(O)c3ccc(C)cc3)C(=O)C(=O)N2CCc2c[nH]c3ccc(OC)cc23)c1. The third-order valence-corrected chi connectivity index (χ3v) is 6.87. The lowest BCUT2D eigenvalue weighted by Gasteiger charge is -2.25. The number of aliphatic hydroxyl groups excluding tert-OH is 1. The number of nitrogens with one attached hydrogen (secondary N) is 1. The van der Waals surface area contributed by atoms with Crippen LogP contribution < -0.4 is 9.47 Å². The Kier molecular flexibility index (Phi) is 6.44. The summed E-state index contributed by atoms with van der Waals surface area (Å²) in [5.74, 6) is -0.193. The molecule has 2 N–H and O–H groups in total. The summed E-state index contributed by atoms with van der Waals surface area (Å²) in [4.78, 5) is 31.5. The molecule has 0 spiro atoms. The summed E-state index contributed by atoms with van der Waals surface area (Å²) in [6.07, 6.45) is 2.42. The predicted octanol–water partition coefficient (Wildman–Crippen LogP) is 5.16. The molecule has 37 heavy (non-hydrogen) atoms. The van der Waals surface area contributed by atoms with E-state index in [1.165, 1.54) is 4.90 Å². The molecule has 1 amide bonds. The number of hydrogen-bond donors (Lipinski definition) is 2. The van der Waals surface area contributed by atoms with Crippen LogP contribution >= 0.6 is 0 Å². The minimum Gasteiger partial charge on any atom is -0.507 e. The lowest BCUT2D eigenvalue weighted by molar-refractivity contribution is -0.139. The van der Waals surface area contributed by atoms with Crippen molar-refractivity contribution in [3.05, 3.63) is 101 Å². The van der Waals surface area contributed by atoms with Crippen LogP contribution in [0.1, 0.15) is 28.3 Å². The number of hydrogen-bond acceptors (Lipinski definition) is 5. The van der Waals surface area contributed by atoms with Gasteiger partial charge in [0.05, 0.1) is 25.8 Å². The van der Waals surface area contributed by atoms with Gasteiger partial charge in [-0.3, -0.25) is 9.59 Å². The third kappa shape index (κ3) is 4.44. The molecule has 5 rings (SSSR count). The van der Waals surface area contributed by atoms with Gasteiger partial charge in [-0.15, -0.1) is 0 Å². The highest BCUT2D eigenvalue weighted by molar-refractivity contribution is 6.46. The van der Waals surface area contributed by atoms with E-state index < -0.39 is 17.7 Å². The first-order valence-corrected chi connectivity index (χ1v) is 12.0. The Morgan fingerprint density at radius 3 is 2.43 bits per heavy atom. The van der Waals surface area contributed by atoms with E-state index in [4.69, 9.17) is 9.47 Å². The zero-order chi connectivity index (χ0) is 26.1. The molecule has 7 nitrogen and oxygen atoms in total. The monoisotopic (exact) mass is 496 g/mol. The number of Topliss-reactive ketones (excluding diaryl/α,β-unsaturated/α-hetero) is 1. The maximum Gasteiger partial charge on any atom is 0.295 e. The molecular formula is C30H28N2O5. The van der Waals surface area contributed by atoms with Crippen LogP contribution in [0.5, 0.6) is 11.5 Å². The fourth-order valence-corrected chi connectivity index (χ4v) is 4.87. The first kappa shape index (κ1) is 24.2. The molecule has 0 saturated carbocycles. The van der Waals surface area contributed by atoms with Crippen molar-refractivity contribution in [2.24, 2.45) is 0 Å². The van der Waals surface area contributed by atoms with Crippen LogP contribution in [0.25, 0.3) is 16.7 Å². The second kappa shape index (κ2) is 9.85. The third-order valence-electron chi connectivity index (χ3n) is 6.87. The van der Waals surface area contributed by atoms with Gasteiger partial charge in [0.15, 0.2) is 0 Å². The minimum absolute atomic E-state index is 0.0719. The van der Waals surface area contributed by atoms with E-state index in [0.717, 1.165) is 27.8 Å². The molecule has 0 radical (unpaired) electrons. The average molecular weight is 497 g/mol. The number of carbonyl (C=O) groups excluding carboxylic acids is 2. The molecule has 0 bridgehead atoms. The molecular weight excluding hydrogens is 468 g/mol. The van der Waals surface area contributed by atoms with Crippen molar-refractivity contribution in [1.82, 2.24) is 9.88 Å². The van der Waals surface area contributed by atoms with Crippen molar-refractivity contribution in [3.8, 4) is 11.5 Å². The highest BCUT2D eigenvalue weighted by Crippen LogP contribution is 2.40. The number of methoxy groups -OCH3 is 2. The number of benzene rings is 3. The number of likely N-dealkylation sites (tertiary alicyclic amines) is 1. The normalized spacial score (nSPS) is 16.9.